The molecule has 4 aliphatic rings. The first-order valence-electron chi connectivity index (χ1n) is 12.5. The fourth-order valence-electron chi connectivity index (χ4n) is 8.53. The van der Waals surface area contributed by atoms with Gasteiger partial charge in [0.05, 0.1) is 31.4 Å². The highest BCUT2D eigenvalue weighted by Gasteiger charge is 2.62. The summed E-state index contributed by atoms with van der Waals surface area (Å²) in [6.45, 7) is 9.23. The molecule has 4 aliphatic carbocycles. The minimum Gasteiger partial charge on any atom is -0.395 e. The Bertz CT molecular complexity index is 767. The van der Waals surface area contributed by atoms with Crippen molar-refractivity contribution in [3.8, 4) is 0 Å². The lowest BCUT2D eigenvalue weighted by molar-refractivity contribution is -0.0578. The summed E-state index contributed by atoms with van der Waals surface area (Å²) in [5.41, 5.74) is 3.28. The van der Waals surface area contributed by atoms with E-state index in [4.69, 9.17) is 31.4 Å². The monoisotopic (exact) mass is 410 g/mol. The van der Waals surface area contributed by atoms with E-state index in [1.165, 1.54) is 44.1 Å². The summed E-state index contributed by atoms with van der Waals surface area (Å²) in [4.78, 5) is 0. The van der Waals surface area contributed by atoms with Crippen LogP contribution in [-0.4, -0.2) is 42.6 Å². The third-order valence-electron chi connectivity index (χ3n) is 10.1. The zero-order chi connectivity index (χ0) is 22.8. The minimum atomic E-state index is -1.26. The molecule has 7 unspecified atom stereocenters. The molecule has 0 heterocycles. The Morgan fingerprint density at radius 1 is 1.06 bits per heavy atom. The van der Waals surface area contributed by atoms with E-state index in [1.54, 1.807) is 5.57 Å². The first kappa shape index (κ1) is 23.8. The van der Waals surface area contributed by atoms with Crippen LogP contribution in [0.1, 0.15) is 85.5 Å². The highest BCUT2D eigenvalue weighted by molar-refractivity contribution is 6.45. The highest BCUT2D eigenvalue weighted by Crippen LogP contribution is 2.71. The summed E-state index contributed by atoms with van der Waals surface area (Å²) >= 11 is 0. The van der Waals surface area contributed by atoms with Gasteiger partial charge in [0.2, 0.25) is 0 Å². The first-order chi connectivity index (χ1) is 14.3. The molecule has 160 valence electrons. The van der Waals surface area contributed by atoms with Crippen LogP contribution in [0.2, 0.25) is 10.4 Å². The van der Waals surface area contributed by atoms with Crippen LogP contribution in [0.25, 0.3) is 0 Å². The van der Waals surface area contributed by atoms with Crippen molar-refractivity contribution in [3.05, 3.63) is 23.3 Å². The van der Waals surface area contributed by atoms with E-state index >= 15 is 0 Å². The number of aliphatic hydroxyl groups excluding tert-OH is 1. The van der Waals surface area contributed by atoms with Crippen LogP contribution in [0.15, 0.2) is 23.3 Å². The van der Waals surface area contributed by atoms with Crippen molar-refractivity contribution in [1.82, 2.24) is 0 Å². The highest BCUT2D eigenvalue weighted by atomic mass is 16.3. The maximum atomic E-state index is 10.8. The van der Waals surface area contributed by atoms with Crippen LogP contribution >= 0.6 is 0 Å². The van der Waals surface area contributed by atoms with E-state index in [9.17, 15) is 5.11 Å². The third-order valence-corrected chi connectivity index (χ3v) is 10.1. The van der Waals surface area contributed by atoms with E-state index in [0.29, 0.717) is 23.7 Å². The molecule has 0 saturated heterocycles. The second-order valence-electron chi connectivity index (χ2n) is 12.3. The summed E-state index contributed by atoms with van der Waals surface area (Å²) in [6.07, 6.45) is 14.0. The minimum absolute atomic E-state index is 0.00500. The molecule has 1 N–H and O–H groups in total. The SMILES string of the molecule is [B]C1([B])CC2(C)C3CCC4(C)C(CCCC=C(C)C)CCC4C3=CCC2C([B])([B])C1O. The van der Waals surface area contributed by atoms with E-state index < -0.39 is 16.5 Å². The predicted octanol–water partition coefficient (Wildman–Crippen LogP) is 5.19. The molecule has 0 aliphatic heterocycles. The topological polar surface area (TPSA) is 20.2 Å². The van der Waals surface area contributed by atoms with Gasteiger partial charge in [-0.1, -0.05) is 54.0 Å². The van der Waals surface area contributed by atoms with Crippen molar-refractivity contribution < 1.29 is 5.11 Å². The molecule has 0 aromatic carbocycles. The van der Waals surface area contributed by atoms with Gasteiger partial charge >= 0.3 is 0 Å². The quantitative estimate of drug-likeness (QED) is 0.385. The number of hydrogen-bond acceptors (Lipinski definition) is 1. The van der Waals surface area contributed by atoms with E-state index in [2.05, 4.69) is 39.8 Å². The van der Waals surface area contributed by atoms with E-state index in [1.807, 2.05) is 0 Å². The molecule has 1 nitrogen and oxygen atoms in total. The molecule has 7 atom stereocenters. The number of allylic oxidation sites excluding steroid dienone is 4. The number of aliphatic hydroxyl groups is 1. The van der Waals surface area contributed by atoms with Crippen LogP contribution < -0.4 is 0 Å². The van der Waals surface area contributed by atoms with Crippen molar-refractivity contribution in [3.63, 3.8) is 0 Å². The lowest BCUT2D eigenvalue weighted by Gasteiger charge is -2.66. The molecule has 3 saturated carbocycles. The van der Waals surface area contributed by atoms with Gasteiger partial charge in [0, 0.05) is 6.10 Å². The lowest BCUT2D eigenvalue weighted by Crippen LogP contribution is -2.60. The molecular formula is C26H38B4O. The van der Waals surface area contributed by atoms with Gasteiger partial charge in [0.25, 0.3) is 0 Å². The Morgan fingerprint density at radius 2 is 1.74 bits per heavy atom. The van der Waals surface area contributed by atoms with Crippen molar-refractivity contribution in [1.29, 1.82) is 0 Å². The molecule has 0 aromatic heterocycles. The first-order valence-corrected chi connectivity index (χ1v) is 12.5. The summed E-state index contributed by atoms with van der Waals surface area (Å²) in [7, 11) is 25.9. The molecule has 3 fully saturated rings. The summed E-state index contributed by atoms with van der Waals surface area (Å²) in [5, 5.41) is 8.24. The average molecular weight is 410 g/mol. The largest absolute Gasteiger partial charge is 0.395 e. The van der Waals surface area contributed by atoms with Crippen molar-refractivity contribution in [2.75, 3.05) is 0 Å². The van der Waals surface area contributed by atoms with Crippen LogP contribution in [0.5, 0.6) is 0 Å². The molecule has 31 heavy (non-hydrogen) atoms. The van der Waals surface area contributed by atoms with Gasteiger partial charge in [-0.3, -0.25) is 0 Å². The Balaban J connectivity index is 1.58. The Hall–Kier alpha value is -0.300. The zero-order valence-electron chi connectivity index (χ0n) is 20.2. The van der Waals surface area contributed by atoms with E-state index in [-0.39, 0.29) is 11.3 Å². The number of hydrogen-bond donors (Lipinski definition) is 1. The summed E-state index contributed by atoms with van der Waals surface area (Å²) < 4.78 is 0. The van der Waals surface area contributed by atoms with Gasteiger partial charge in [-0.2, -0.15) is 0 Å². The predicted molar refractivity (Wildman–Crippen MR) is 134 cm³/mol. The second-order valence-corrected chi connectivity index (χ2v) is 12.3. The van der Waals surface area contributed by atoms with Crippen LogP contribution in [-0.2, 0) is 0 Å². The number of fused-ring (bicyclic) bond motifs is 5. The van der Waals surface area contributed by atoms with Gasteiger partial charge in [-0.25, -0.2) is 0 Å². The normalized spacial score (nSPS) is 45.1. The molecule has 0 spiro atoms. The standard InChI is InChI=1S/C26H38B4O/c1-16(2)7-5-6-8-17-9-11-19-18-10-12-21-24(4,20(18)13-14-23(17,19)3)15-25(27,28)22(31)26(21,29)30/h7,10,17,19-22,31H,5-6,8-9,11-15H2,1-4H3. The molecule has 5 heteroatoms. The smallest absolute Gasteiger partial charge is 0.0658 e. The van der Waals surface area contributed by atoms with Gasteiger partial charge in [-0.15, -0.1) is 0 Å². The van der Waals surface area contributed by atoms with Crippen molar-refractivity contribution in [2.45, 2.75) is 102 Å². The fraction of sp³-hybridized carbons (Fsp3) is 0.846. The van der Waals surface area contributed by atoms with Crippen LogP contribution in [0, 0.1) is 34.5 Å². The third kappa shape index (κ3) is 3.68. The fourth-order valence-corrected chi connectivity index (χ4v) is 8.53. The average Bonchev–Trinajstić information content (AvgIpc) is 2.99. The summed E-state index contributed by atoms with van der Waals surface area (Å²) in [5.74, 6) is 1.88. The molecule has 0 aromatic rings. The molecule has 4 rings (SSSR count). The lowest BCUT2D eigenvalue weighted by atomic mass is 9.25. The Labute approximate surface area is 196 Å². The van der Waals surface area contributed by atoms with Crippen LogP contribution in [0.3, 0.4) is 0 Å². The van der Waals surface area contributed by atoms with Gasteiger partial charge in [-0.05, 0) is 99.7 Å². The molecule has 0 bridgehead atoms. The number of unbranched alkanes of at least 4 members (excludes halogenated alkanes) is 1. The van der Waals surface area contributed by atoms with E-state index in [0.717, 1.165) is 18.8 Å². The Morgan fingerprint density at radius 3 is 2.42 bits per heavy atom. The summed E-state index contributed by atoms with van der Waals surface area (Å²) in [6, 6.07) is 0. The van der Waals surface area contributed by atoms with Gasteiger partial charge < -0.3 is 5.11 Å². The van der Waals surface area contributed by atoms with Crippen molar-refractivity contribution in [2.24, 2.45) is 34.5 Å². The van der Waals surface area contributed by atoms with Crippen molar-refractivity contribution >= 4 is 31.4 Å². The molecule has 0 amide bonds. The number of rotatable bonds is 4. The second kappa shape index (κ2) is 7.89. The molecule has 8 radical (unpaired) electrons. The van der Waals surface area contributed by atoms with Gasteiger partial charge in [0.15, 0.2) is 0 Å². The maximum absolute atomic E-state index is 10.8. The zero-order valence-corrected chi connectivity index (χ0v) is 20.2. The Kier molecular flexibility index (Phi) is 6.06. The maximum Gasteiger partial charge on any atom is 0.0658 e. The van der Waals surface area contributed by atoms with Gasteiger partial charge in [0.1, 0.15) is 0 Å². The van der Waals surface area contributed by atoms with Crippen LogP contribution in [0.4, 0.5) is 0 Å². The molecular weight excluding hydrogens is 372 g/mol.